The Morgan fingerprint density at radius 1 is 0.875 bits per heavy atom. The van der Waals surface area contributed by atoms with E-state index in [-0.39, 0.29) is 10.1 Å². The highest BCUT2D eigenvalue weighted by atomic mass is 35.5. The number of halogens is 2. The Morgan fingerprint density at radius 3 is 1.71 bits per heavy atom. The van der Waals surface area contributed by atoms with Crippen molar-refractivity contribution >= 4 is 38.6 Å². The molecule has 1 fully saturated rings. The van der Waals surface area contributed by atoms with Gasteiger partial charge in [0.1, 0.15) is 13.2 Å². The van der Waals surface area contributed by atoms with Gasteiger partial charge in [0.2, 0.25) is 0 Å². The maximum Gasteiger partial charge on any atom is 0.178 e. The summed E-state index contributed by atoms with van der Waals surface area (Å²) in [4.78, 5) is 0. The summed E-state index contributed by atoms with van der Waals surface area (Å²) in [6.07, 6.45) is 0.941. The molecular weight excluding hydrogens is 371 g/mol. The molecule has 128 valence electrons. The number of hydrogen-bond acceptors (Lipinski definition) is 1. The molecule has 0 aromatic heterocycles. The van der Waals surface area contributed by atoms with E-state index in [2.05, 4.69) is 80.3 Å². The molecule has 5 heteroatoms. The van der Waals surface area contributed by atoms with Crippen molar-refractivity contribution < 1.29 is 4.43 Å². The van der Waals surface area contributed by atoms with E-state index in [4.69, 9.17) is 27.6 Å². The molecule has 1 nitrogen and oxygen atoms in total. The SMILES string of the molecule is C[Si]1(C)OC(c2ccccc2)(c2ccccc2)CC[Si]1(C)C(Cl)Cl. The van der Waals surface area contributed by atoms with Crippen LogP contribution in [-0.2, 0) is 10.0 Å². The second kappa shape index (κ2) is 6.62. The maximum atomic E-state index is 7.04. The predicted molar refractivity (Wildman–Crippen MR) is 109 cm³/mol. The van der Waals surface area contributed by atoms with Crippen molar-refractivity contribution in [1.82, 2.24) is 0 Å². The normalized spacial score (nSPS) is 25.6. The Bertz CT molecular complexity index is 652. The molecule has 1 saturated heterocycles. The molecule has 1 aliphatic rings. The minimum atomic E-state index is -2.03. The predicted octanol–water partition coefficient (Wildman–Crippen LogP) is 6.06. The first-order valence-electron chi connectivity index (χ1n) is 8.41. The number of rotatable bonds is 3. The molecule has 3 rings (SSSR count). The van der Waals surface area contributed by atoms with Crippen LogP contribution in [0.15, 0.2) is 60.7 Å². The Balaban J connectivity index is 2.13. The van der Waals surface area contributed by atoms with Gasteiger partial charge in [-0.3, -0.25) is 0 Å². The number of hydrogen-bond donors (Lipinski definition) is 0. The minimum Gasteiger partial charge on any atom is -0.406 e. The van der Waals surface area contributed by atoms with Crippen LogP contribution < -0.4 is 0 Å². The number of alkyl halides is 2. The van der Waals surface area contributed by atoms with Gasteiger partial charge in [0.15, 0.2) is 7.83 Å². The van der Waals surface area contributed by atoms with Crippen LogP contribution in [0.2, 0.25) is 25.7 Å². The van der Waals surface area contributed by atoms with E-state index in [0.29, 0.717) is 0 Å². The lowest BCUT2D eigenvalue weighted by atomic mass is 9.84. The van der Waals surface area contributed by atoms with Crippen LogP contribution in [0.4, 0.5) is 0 Å². The molecular formula is C19H24Cl2OSi2. The molecule has 2 aromatic rings. The molecule has 0 aliphatic carbocycles. The van der Waals surface area contributed by atoms with Gasteiger partial charge >= 0.3 is 0 Å². The maximum absolute atomic E-state index is 7.04. The van der Waals surface area contributed by atoms with Crippen molar-refractivity contribution in [2.24, 2.45) is 0 Å². The molecule has 0 saturated carbocycles. The molecule has 0 spiro atoms. The molecule has 1 atom stereocenters. The Kier molecular flexibility index (Phi) is 5.02. The zero-order valence-corrected chi connectivity index (χ0v) is 17.9. The van der Waals surface area contributed by atoms with Gasteiger partial charge in [-0.1, -0.05) is 73.3 Å². The summed E-state index contributed by atoms with van der Waals surface area (Å²) >= 11 is 12.9. The van der Waals surface area contributed by atoms with Crippen molar-refractivity contribution in [1.29, 1.82) is 0 Å². The van der Waals surface area contributed by atoms with Gasteiger partial charge in [-0.25, -0.2) is 0 Å². The lowest BCUT2D eigenvalue weighted by molar-refractivity contribution is 0.0937. The van der Waals surface area contributed by atoms with Crippen LogP contribution in [-0.4, -0.2) is 19.9 Å². The lowest BCUT2D eigenvalue weighted by Crippen LogP contribution is -2.69. The first-order chi connectivity index (χ1) is 11.3. The topological polar surface area (TPSA) is 9.23 Å². The van der Waals surface area contributed by atoms with E-state index >= 15 is 0 Å². The largest absolute Gasteiger partial charge is 0.406 e. The van der Waals surface area contributed by atoms with Gasteiger partial charge in [0.25, 0.3) is 0 Å². The van der Waals surface area contributed by atoms with E-state index in [1.54, 1.807) is 0 Å². The molecule has 0 N–H and O–H groups in total. The molecule has 0 radical (unpaired) electrons. The van der Waals surface area contributed by atoms with Crippen molar-refractivity contribution in [3.63, 3.8) is 0 Å². The van der Waals surface area contributed by atoms with Crippen LogP contribution in [0.5, 0.6) is 0 Å². The summed E-state index contributed by atoms with van der Waals surface area (Å²) in [5, 5.41) is 0. The van der Waals surface area contributed by atoms with Crippen molar-refractivity contribution in [3.05, 3.63) is 71.8 Å². The van der Waals surface area contributed by atoms with E-state index in [1.807, 2.05) is 0 Å². The van der Waals surface area contributed by atoms with E-state index in [9.17, 15) is 0 Å². The highest BCUT2D eigenvalue weighted by Gasteiger charge is 2.59. The highest BCUT2D eigenvalue weighted by molar-refractivity contribution is 7.42. The minimum absolute atomic E-state index is 0.274. The third-order valence-electron chi connectivity index (χ3n) is 5.76. The molecule has 1 unspecified atom stereocenters. The lowest BCUT2D eigenvalue weighted by Gasteiger charge is -2.54. The second-order valence-electron chi connectivity index (χ2n) is 7.39. The van der Waals surface area contributed by atoms with Crippen LogP contribution in [0, 0.1) is 0 Å². The zero-order valence-electron chi connectivity index (χ0n) is 14.4. The summed E-state index contributed by atoms with van der Waals surface area (Å²) in [6.45, 7) is 6.93. The first-order valence-corrected chi connectivity index (χ1v) is 16.0. The quantitative estimate of drug-likeness (QED) is 0.454. The van der Waals surface area contributed by atoms with Gasteiger partial charge in [0, 0.05) is 0 Å². The smallest absolute Gasteiger partial charge is 0.178 e. The van der Waals surface area contributed by atoms with Crippen LogP contribution in [0.25, 0.3) is 0 Å². The standard InChI is InChI=1S/C19H24Cl2OSi2/c1-23(2)22-19(16-10-6-4-7-11-16,17-12-8-5-9-13-17)14-15-24(23,3)18(20)21/h4-13,18H,14-15H2,1-3H3. The van der Waals surface area contributed by atoms with E-state index in [0.717, 1.165) is 12.5 Å². The van der Waals surface area contributed by atoms with Crippen LogP contribution in [0.3, 0.4) is 0 Å². The highest BCUT2D eigenvalue weighted by Crippen LogP contribution is 2.50. The summed E-state index contributed by atoms with van der Waals surface area (Å²) in [6, 6.07) is 22.3. The summed E-state index contributed by atoms with van der Waals surface area (Å²) in [5.74, 6) is 0. The zero-order chi connectivity index (χ0) is 17.4. The Labute approximate surface area is 156 Å². The van der Waals surface area contributed by atoms with Crippen molar-refractivity contribution in [2.75, 3.05) is 0 Å². The summed E-state index contributed by atoms with van der Waals surface area (Å²) in [5.41, 5.74) is 2.08. The Morgan fingerprint density at radius 2 is 1.33 bits per heavy atom. The summed E-state index contributed by atoms with van der Waals surface area (Å²) in [7, 11) is -3.88. The van der Waals surface area contributed by atoms with Crippen LogP contribution in [0.1, 0.15) is 17.5 Å². The monoisotopic (exact) mass is 394 g/mol. The van der Waals surface area contributed by atoms with E-state index in [1.165, 1.54) is 11.1 Å². The molecule has 1 aliphatic heterocycles. The van der Waals surface area contributed by atoms with E-state index < -0.39 is 15.4 Å². The third kappa shape index (κ3) is 2.91. The van der Waals surface area contributed by atoms with Gasteiger partial charge in [0.05, 0.1) is 4.46 Å². The fraction of sp³-hybridized carbons (Fsp3) is 0.368. The van der Waals surface area contributed by atoms with Crippen molar-refractivity contribution in [3.8, 4) is 0 Å². The van der Waals surface area contributed by atoms with Gasteiger partial charge in [-0.15, -0.1) is 23.2 Å². The summed E-state index contributed by atoms with van der Waals surface area (Å²) < 4.78 is 6.77. The third-order valence-corrected chi connectivity index (χ3v) is 25.8. The molecule has 2 aromatic carbocycles. The first kappa shape index (κ1) is 18.2. The molecule has 0 amide bonds. The van der Waals surface area contributed by atoms with Gasteiger partial charge in [-0.05, 0) is 30.6 Å². The van der Waals surface area contributed by atoms with Gasteiger partial charge in [-0.2, -0.15) is 0 Å². The van der Waals surface area contributed by atoms with Crippen molar-refractivity contribution in [2.45, 2.75) is 42.2 Å². The number of benzene rings is 2. The Hall–Kier alpha value is -0.586. The molecule has 0 bridgehead atoms. The second-order valence-corrected chi connectivity index (χ2v) is 23.4. The van der Waals surface area contributed by atoms with Gasteiger partial charge < -0.3 is 4.43 Å². The fourth-order valence-corrected chi connectivity index (χ4v) is 17.7. The molecule has 24 heavy (non-hydrogen) atoms. The average Bonchev–Trinajstić information content (AvgIpc) is 2.58. The average molecular weight is 395 g/mol. The molecule has 1 heterocycles. The van der Waals surface area contributed by atoms with Crippen LogP contribution >= 0.6 is 23.2 Å². The fourth-order valence-electron chi connectivity index (χ4n) is 3.70.